The summed E-state index contributed by atoms with van der Waals surface area (Å²) in [4.78, 5) is 5.88. The number of halogens is 1. The fraction of sp³-hybridized carbons (Fsp3) is 0.417. The molecule has 0 atom stereocenters. The normalized spacial score (nSPS) is 12.0. The molecule has 0 amide bonds. The van der Waals surface area contributed by atoms with Gasteiger partial charge in [0.1, 0.15) is 5.01 Å². The highest BCUT2D eigenvalue weighted by Gasteiger charge is 2.26. The Morgan fingerprint density at radius 2 is 2.00 bits per heavy atom. The lowest BCUT2D eigenvalue weighted by molar-refractivity contribution is 0.411. The molecule has 0 saturated heterocycles. The van der Waals surface area contributed by atoms with Crippen molar-refractivity contribution in [3.63, 3.8) is 0 Å². The molecule has 2 aromatic rings. The first-order valence-electron chi connectivity index (χ1n) is 5.58. The largest absolute Gasteiger partial charge is 0.319 e. The summed E-state index contributed by atoms with van der Waals surface area (Å²) >= 11 is 6.83. The molecule has 0 aliphatic rings. The summed E-state index contributed by atoms with van der Waals surface area (Å²) in [5, 5.41) is 5.21. The molecule has 0 radical (unpaired) electrons. The van der Waals surface area contributed by atoms with E-state index >= 15 is 0 Å². The Hall–Kier alpha value is -0.230. The molecule has 2 N–H and O–H groups in total. The molecular weight excluding hydrogens is 316 g/mol. The van der Waals surface area contributed by atoms with Crippen molar-refractivity contribution in [2.45, 2.75) is 32.2 Å². The molecule has 17 heavy (non-hydrogen) atoms. The maximum Gasteiger partial charge on any atom is 0.113 e. The minimum absolute atomic E-state index is 0.266. The van der Waals surface area contributed by atoms with Crippen molar-refractivity contribution in [1.82, 2.24) is 4.98 Å². The van der Waals surface area contributed by atoms with Gasteiger partial charge in [-0.2, -0.15) is 0 Å². The molecule has 2 aromatic heterocycles. The topological polar surface area (TPSA) is 38.9 Å². The molecule has 2 heterocycles. The third-order valence-corrected chi connectivity index (χ3v) is 5.79. The molecule has 2 nitrogen and oxygen atoms in total. The van der Waals surface area contributed by atoms with Crippen LogP contribution in [-0.2, 0) is 5.54 Å². The first-order chi connectivity index (χ1) is 8.09. The van der Waals surface area contributed by atoms with E-state index in [1.165, 1.54) is 4.88 Å². The second kappa shape index (κ2) is 5.18. The van der Waals surface area contributed by atoms with Gasteiger partial charge < -0.3 is 5.73 Å². The van der Waals surface area contributed by atoms with E-state index in [4.69, 9.17) is 10.7 Å². The Morgan fingerprint density at radius 3 is 2.53 bits per heavy atom. The summed E-state index contributed by atoms with van der Waals surface area (Å²) in [6.45, 7) is 4.23. The van der Waals surface area contributed by atoms with Crippen molar-refractivity contribution >= 4 is 38.6 Å². The highest BCUT2D eigenvalue weighted by atomic mass is 79.9. The zero-order chi connectivity index (χ0) is 12.5. The van der Waals surface area contributed by atoms with Gasteiger partial charge in [0, 0.05) is 15.2 Å². The van der Waals surface area contributed by atoms with E-state index in [0.29, 0.717) is 0 Å². The molecule has 0 aliphatic carbocycles. The molecule has 0 aliphatic heterocycles. The SMILES string of the molecule is CCC(N)(CC)c1nc(-c2cc(Br)cs2)cs1. The van der Waals surface area contributed by atoms with Crippen molar-refractivity contribution in [2.75, 3.05) is 0 Å². The van der Waals surface area contributed by atoms with Crippen molar-refractivity contribution in [3.8, 4) is 10.6 Å². The summed E-state index contributed by atoms with van der Waals surface area (Å²) in [5.74, 6) is 0. The molecule has 0 aromatic carbocycles. The number of rotatable bonds is 4. The summed E-state index contributed by atoms with van der Waals surface area (Å²) < 4.78 is 1.11. The van der Waals surface area contributed by atoms with Gasteiger partial charge in [0.25, 0.3) is 0 Å². The van der Waals surface area contributed by atoms with Gasteiger partial charge in [-0.25, -0.2) is 4.98 Å². The summed E-state index contributed by atoms with van der Waals surface area (Å²) in [7, 11) is 0. The highest BCUT2D eigenvalue weighted by Crippen LogP contribution is 2.34. The minimum atomic E-state index is -0.266. The maximum absolute atomic E-state index is 6.36. The lowest BCUT2D eigenvalue weighted by Crippen LogP contribution is -2.34. The first-order valence-corrected chi connectivity index (χ1v) is 8.13. The van der Waals surface area contributed by atoms with Gasteiger partial charge in [-0.15, -0.1) is 22.7 Å². The fourth-order valence-electron chi connectivity index (χ4n) is 1.62. The van der Waals surface area contributed by atoms with Crippen molar-refractivity contribution in [2.24, 2.45) is 5.73 Å². The fourth-order valence-corrected chi connectivity index (χ4v) is 4.16. The number of thiophene rings is 1. The Labute approximate surface area is 118 Å². The Morgan fingerprint density at radius 1 is 1.29 bits per heavy atom. The predicted octanol–water partition coefficient (Wildman–Crippen LogP) is 4.61. The number of nitrogens with zero attached hydrogens (tertiary/aromatic N) is 1. The van der Waals surface area contributed by atoms with Crippen LogP contribution in [0.3, 0.4) is 0 Å². The van der Waals surface area contributed by atoms with Crippen LogP contribution in [0.25, 0.3) is 10.6 Å². The predicted molar refractivity (Wildman–Crippen MR) is 79.6 cm³/mol. The first kappa shape index (κ1) is 13.2. The van der Waals surface area contributed by atoms with Crippen LogP contribution in [0, 0.1) is 0 Å². The zero-order valence-electron chi connectivity index (χ0n) is 9.87. The summed E-state index contributed by atoms with van der Waals surface area (Å²) in [6, 6.07) is 2.10. The van der Waals surface area contributed by atoms with E-state index in [1.807, 2.05) is 0 Å². The van der Waals surface area contributed by atoms with E-state index in [2.05, 4.69) is 46.6 Å². The number of hydrogen-bond donors (Lipinski definition) is 1. The molecular formula is C12H15BrN2S2. The van der Waals surface area contributed by atoms with Crippen LogP contribution < -0.4 is 5.73 Å². The van der Waals surface area contributed by atoms with Gasteiger partial charge in [-0.1, -0.05) is 13.8 Å². The van der Waals surface area contributed by atoms with E-state index in [1.54, 1.807) is 22.7 Å². The van der Waals surface area contributed by atoms with E-state index in [0.717, 1.165) is 28.0 Å². The van der Waals surface area contributed by atoms with Gasteiger partial charge in [0.2, 0.25) is 0 Å². The van der Waals surface area contributed by atoms with Gasteiger partial charge in [0.15, 0.2) is 0 Å². The third kappa shape index (κ3) is 2.62. The quantitative estimate of drug-likeness (QED) is 0.889. The van der Waals surface area contributed by atoms with Crippen LogP contribution in [0.15, 0.2) is 21.3 Å². The molecule has 0 spiro atoms. The average Bonchev–Trinajstić information content (AvgIpc) is 2.96. The molecule has 92 valence electrons. The Balaban J connectivity index is 2.33. The lowest BCUT2D eigenvalue weighted by atomic mass is 9.95. The molecule has 0 unspecified atom stereocenters. The number of thiazole rings is 1. The standard InChI is InChI=1S/C12H15BrN2S2/c1-3-12(14,4-2)11-15-9(7-17-11)10-5-8(13)6-16-10/h5-7H,3-4,14H2,1-2H3. The minimum Gasteiger partial charge on any atom is -0.319 e. The molecule has 0 bridgehead atoms. The molecule has 0 fully saturated rings. The van der Waals surface area contributed by atoms with Crippen LogP contribution in [0.5, 0.6) is 0 Å². The monoisotopic (exact) mass is 330 g/mol. The highest BCUT2D eigenvalue weighted by molar-refractivity contribution is 9.10. The smallest absolute Gasteiger partial charge is 0.113 e. The third-order valence-electron chi connectivity index (χ3n) is 3.01. The van der Waals surface area contributed by atoms with Crippen LogP contribution in [0.1, 0.15) is 31.7 Å². The second-order valence-electron chi connectivity index (χ2n) is 4.03. The maximum atomic E-state index is 6.36. The van der Waals surface area contributed by atoms with Crippen LogP contribution >= 0.6 is 38.6 Å². The van der Waals surface area contributed by atoms with Gasteiger partial charge in [0.05, 0.1) is 16.1 Å². The van der Waals surface area contributed by atoms with E-state index < -0.39 is 0 Å². The second-order valence-corrected chi connectivity index (χ2v) is 6.72. The Bertz CT molecular complexity index is 500. The number of nitrogens with two attached hydrogens (primary N) is 1. The number of hydrogen-bond acceptors (Lipinski definition) is 4. The van der Waals surface area contributed by atoms with Crippen molar-refractivity contribution in [3.05, 3.63) is 26.3 Å². The lowest BCUT2D eigenvalue weighted by Gasteiger charge is -2.23. The van der Waals surface area contributed by atoms with E-state index in [-0.39, 0.29) is 5.54 Å². The van der Waals surface area contributed by atoms with Crippen molar-refractivity contribution < 1.29 is 0 Å². The van der Waals surface area contributed by atoms with Gasteiger partial charge in [-0.05, 0) is 34.8 Å². The van der Waals surface area contributed by atoms with Gasteiger partial charge >= 0.3 is 0 Å². The zero-order valence-corrected chi connectivity index (χ0v) is 13.1. The Kier molecular flexibility index (Phi) is 4.02. The van der Waals surface area contributed by atoms with Crippen LogP contribution in [0.4, 0.5) is 0 Å². The summed E-state index contributed by atoms with van der Waals surface area (Å²) in [6.07, 6.45) is 1.84. The average molecular weight is 331 g/mol. The van der Waals surface area contributed by atoms with Crippen molar-refractivity contribution in [1.29, 1.82) is 0 Å². The summed E-state index contributed by atoms with van der Waals surface area (Å²) in [5.41, 5.74) is 7.13. The molecule has 2 rings (SSSR count). The van der Waals surface area contributed by atoms with Crippen LogP contribution in [0.2, 0.25) is 0 Å². The van der Waals surface area contributed by atoms with Crippen LogP contribution in [-0.4, -0.2) is 4.98 Å². The number of aromatic nitrogens is 1. The van der Waals surface area contributed by atoms with Gasteiger partial charge in [-0.3, -0.25) is 0 Å². The van der Waals surface area contributed by atoms with E-state index in [9.17, 15) is 0 Å². The molecule has 0 saturated carbocycles. The molecule has 5 heteroatoms.